The quantitative estimate of drug-likeness (QED) is 0.793. The third kappa shape index (κ3) is 3.26. The van der Waals surface area contributed by atoms with Crippen molar-refractivity contribution >= 4 is 26.8 Å². The Kier molecular flexibility index (Phi) is 4.22. The number of nitriles is 1. The lowest BCUT2D eigenvalue weighted by Crippen LogP contribution is -2.07. The molecular formula is C9H10N2O4S2. The van der Waals surface area contributed by atoms with Crippen LogP contribution in [-0.2, 0) is 21.1 Å². The molecule has 6 nitrogen and oxygen atoms in total. The van der Waals surface area contributed by atoms with Crippen molar-refractivity contribution < 1.29 is 17.2 Å². The average Bonchev–Trinajstić information content (AvgIpc) is 2.27. The topological polar surface area (TPSA) is 107 Å². The normalized spacial score (nSPS) is 12.8. The first-order chi connectivity index (χ1) is 7.90. The van der Waals surface area contributed by atoms with Crippen molar-refractivity contribution in [3.63, 3.8) is 0 Å². The SMILES string of the molecule is CCS(=O)(=O)c1ccc(NS(=O)O)cc1C#N. The van der Waals surface area contributed by atoms with E-state index < -0.39 is 21.1 Å². The van der Waals surface area contributed by atoms with Crippen LogP contribution in [0.5, 0.6) is 0 Å². The fourth-order valence-corrected chi connectivity index (χ4v) is 2.56. The second-order valence-corrected chi connectivity index (χ2v) is 6.03. The largest absolute Gasteiger partial charge is 0.289 e. The van der Waals surface area contributed by atoms with Gasteiger partial charge < -0.3 is 0 Å². The number of rotatable bonds is 4. The van der Waals surface area contributed by atoms with Crippen molar-refractivity contribution in [2.45, 2.75) is 11.8 Å². The first-order valence-corrected chi connectivity index (χ1v) is 7.31. The number of hydrogen-bond acceptors (Lipinski definition) is 4. The Hall–Kier alpha value is -1.43. The van der Waals surface area contributed by atoms with E-state index in [2.05, 4.69) is 4.72 Å². The third-order valence-electron chi connectivity index (χ3n) is 2.02. The van der Waals surface area contributed by atoms with Crippen LogP contribution in [-0.4, -0.2) is 22.9 Å². The summed E-state index contributed by atoms with van der Waals surface area (Å²) in [5, 5.41) is 8.86. The maximum absolute atomic E-state index is 11.6. The zero-order valence-corrected chi connectivity index (χ0v) is 10.5. The van der Waals surface area contributed by atoms with Gasteiger partial charge in [-0.2, -0.15) is 5.26 Å². The van der Waals surface area contributed by atoms with E-state index in [1.54, 1.807) is 6.07 Å². The van der Waals surface area contributed by atoms with E-state index in [9.17, 15) is 12.6 Å². The Balaban J connectivity index is 3.30. The first-order valence-electron chi connectivity index (χ1n) is 4.55. The van der Waals surface area contributed by atoms with E-state index in [4.69, 9.17) is 9.81 Å². The Bertz CT molecular complexity index is 590. The van der Waals surface area contributed by atoms with Gasteiger partial charge in [-0.05, 0) is 18.2 Å². The predicted octanol–water partition coefficient (Wildman–Crippen LogP) is 0.900. The highest BCUT2D eigenvalue weighted by Crippen LogP contribution is 2.21. The van der Waals surface area contributed by atoms with Crippen molar-refractivity contribution in [2.24, 2.45) is 0 Å². The number of sulfone groups is 1. The smallest absolute Gasteiger partial charge is 0.259 e. The second kappa shape index (κ2) is 5.27. The Morgan fingerprint density at radius 3 is 2.65 bits per heavy atom. The molecule has 17 heavy (non-hydrogen) atoms. The van der Waals surface area contributed by atoms with Crippen molar-refractivity contribution in [2.75, 3.05) is 10.5 Å². The van der Waals surface area contributed by atoms with Crippen molar-refractivity contribution in [3.05, 3.63) is 23.8 Å². The van der Waals surface area contributed by atoms with Gasteiger partial charge in [0.05, 0.1) is 16.2 Å². The standard InChI is InChI=1S/C9H10N2O4S2/c1-2-17(14,15)9-4-3-8(11-16(12)13)5-7(9)6-10/h3-5,11H,2H2,1H3,(H,12,13). The van der Waals surface area contributed by atoms with E-state index in [-0.39, 0.29) is 21.9 Å². The van der Waals surface area contributed by atoms with Gasteiger partial charge in [-0.25, -0.2) is 12.6 Å². The summed E-state index contributed by atoms with van der Waals surface area (Å²) < 4.78 is 44.5. The summed E-state index contributed by atoms with van der Waals surface area (Å²) in [6.07, 6.45) is 0. The molecule has 0 amide bonds. The molecule has 0 saturated heterocycles. The summed E-state index contributed by atoms with van der Waals surface area (Å²) in [5.41, 5.74) is 0.153. The Morgan fingerprint density at radius 1 is 1.53 bits per heavy atom. The number of nitrogens with zero attached hydrogens (tertiary/aromatic N) is 1. The molecular weight excluding hydrogens is 264 g/mol. The Labute approximate surface area is 102 Å². The number of anilines is 1. The molecule has 0 aromatic heterocycles. The van der Waals surface area contributed by atoms with Gasteiger partial charge in [-0.3, -0.25) is 9.27 Å². The molecule has 0 aliphatic rings. The van der Waals surface area contributed by atoms with Crippen LogP contribution in [0.3, 0.4) is 0 Å². The zero-order chi connectivity index (χ0) is 13.1. The summed E-state index contributed by atoms with van der Waals surface area (Å²) in [5.74, 6) is -0.111. The van der Waals surface area contributed by atoms with E-state index >= 15 is 0 Å². The van der Waals surface area contributed by atoms with Crippen LogP contribution in [0.15, 0.2) is 23.1 Å². The summed E-state index contributed by atoms with van der Waals surface area (Å²) in [6.45, 7) is 1.48. The van der Waals surface area contributed by atoms with Crippen LogP contribution in [0.1, 0.15) is 12.5 Å². The maximum atomic E-state index is 11.6. The highest BCUT2D eigenvalue weighted by molar-refractivity contribution is 7.91. The van der Waals surface area contributed by atoms with Gasteiger partial charge in [0, 0.05) is 5.69 Å². The minimum absolute atomic E-state index is 0.0534. The van der Waals surface area contributed by atoms with Crippen LogP contribution >= 0.6 is 0 Å². The van der Waals surface area contributed by atoms with Gasteiger partial charge >= 0.3 is 0 Å². The lowest BCUT2D eigenvalue weighted by molar-refractivity contribution is 0.570. The van der Waals surface area contributed by atoms with E-state index in [0.717, 1.165) is 0 Å². The number of benzene rings is 1. The third-order valence-corrected chi connectivity index (χ3v) is 4.22. The monoisotopic (exact) mass is 274 g/mol. The van der Waals surface area contributed by atoms with E-state index in [0.29, 0.717) is 0 Å². The maximum Gasteiger partial charge on any atom is 0.259 e. The highest BCUT2D eigenvalue weighted by Gasteiger charge is 2.17. The molecule has 0 aliphatic carbocycles. The van der Waals surface area contributed by atoms with Crippen molar-refractivity contribution in [3.8, 4) is 6.07 Å². The summed E-state index contributed by atoms with van der Waals surface area (Å²) in [4.78, 5) is -0.0724. The molecule has 0 heterocycles. The molecule has 0 bridgehead atoms. The van der Waals surface area contributed by atoms with Crippen molar-refractivity contribution in [1.29, 1.82) is 5.26 Å². The molecule has 1 unspecified atom stereocenters. The molecule has 92 valence electrons. The summed E-state index contributed by atoms with van der Waals surface area (Å²) in [6, 6.07) is 5.54. The summed E-state index contributed by atoms with van der Waals surface area (Å²) in [7, 11) is -3.47. The van der Waals surface area contributed by atoms with Gasteiger partial charge in [-0.1, -0.05) is 6.92 Å². The van der Waals surface area contributed by atoms with Gasteiger partial charge in [0.25, 0.3) is 11.3 Å². The molecule has 1 rings (SSSR count). The molecule has 1 atom stereocenters. The molecule has 1 aromatic carbocycles. The van der Waals surface area contributed by atoms with Crippen molar-refractivity contribution in [1.82, 2.24) is 0 Å². The minimum atomic E-state index is -3.47. The lowest BCUT2D eigenvalue weighted by atomic mass is 10.2. The zero-order valence-electron chi connectivity index (χ0n) is 8.87. The van der Waals surface area contributed by atoms with Crippen LogP contribution in [0.4, 0.5) is 5.69 Å². The van der Waals surface area contributed by atoms with Crippen LogP contribution in [0.2, 0.25) is 0 Å². The van der Waals surface area contributed by atoms with Crippen LogP contribution in [0.25, 0.3) is 0 Å². The lowest BCUT2D eigenvalue weighted by Gasteiger charge is -2.06. The van der Waals surface area contributed by atoms with Gasteiger partial charge in [-0.15, -0.1) is 0 Å². The fraction of sp³-hybridized carbons (Fsp3) is 0.222. The molecule has 0 radical (unpaired) electrons. The molecule has 1 aromatic rings. The van der Waals surface area contributed by atoms with E-state index in [1.165, 1.54) is 25.1 Å². The van der Waals surface area contributed by atoms with Gasteiger partial charge in [0.1, 0.15) is 6.07 Å². The van der Waals surface area contributed by atoms with E-state index in [1.807, 2.05) is 0 Å². The molecule has 0 spiro atoms. The van der Waals surface area contributed by atoms with Gasteiger partial charge in [0.15, 0.2) is 9.84 Å². The molecule has 8 heteroatoms. The minimum Gasteiger partial charge on any atom is -0.289 e. The second-order valence-electron chi connectivity index (χ2n) is 3.08. The molecule has 0 fully saturated rings. The molecule has 0 saturated carbocycles. The number of nitrogens with one attached hydrogen (secondary N) is 1. The molecule has 0 aliphatic heterocycles. The fourth-order valence-electron chi connectivity index (χ4n) is 1.21. The van der Waals surface area contributed by atoms with Crippen LogP contribution in [0, 0.1) is 11.3 Å². The highest BCUT2D eigenvalue weighted by atomic mass is 32.2. The summed E-state index contributed by atoms with van der Waals surface area (Å²) >= 11 is -2.27. The molecule has 2 N–H and O–H groups in total. The number of hydrogen-bond donors (Lipinski definition) is 2. The Morgan fingerprint density at radius 2 is 2.18 bits per heavy atom. The predicted molar refractivity (Wildman–Crippen MR) is 63.3 cm³/mol. The van der Waals surface area contributed by atoms with Gasteiger partial charge in [0.2, 0.25) is 0 Å². The first kappa shape index (κ1) is 13.6. The van der Waals surface area contributed by atoms with Crippen LogP contribution < -0.4 is 4.72 Å². The average molecular weight is 274 g/mol.